The van der Waals surface area contributed by atoms with E-state index in [4.69, 9.17) is 0 Å². The average molecular weight is 288 g/mol. The number of aromatic carboxylic acids is 1. The molecule has 112 valence electrons. The smallest absolute Gasteiger partial charge is 0.356 e. The van der Waals surface area contributed by atoms with Gasteiger partial charge < -0.3 is 15.3 Å². The lowest BCUT2D eigenvalue weighted by atomic mass is 9.97. The Hall–Kier alpha value is -2.08. The minimum Gasteiger partial charge on any atom is -0.476 e. The number of carboxylic acids is 1. The average Bonchev–Trinajstić information content (AvgIpc) is 2.85. The van der Waals surface area contributed by atoms with Crippen LogP contribution in [0.1, 0.15) is 23.3 Å². The van der Waals surface area contributed by atoms with Gasteiger partial charge in [0.15, 0.2) is 11.5 Å². The molecule has 0 radical (unpaired) electrons. The van der Waals surface area contributed by atoms with E-state index in [-0.39, 0.29) is 5.69 Å². The Balaban J connectivity index is 1.77. The van der Waals surface area contributed by atoms with E-state index >= 15 is 0 Å². The number of nitrogens with one attached hydrogen (secondary N) is 1. The number of nitrogens with zero attached hydrogens (tertiary/aromatic N) is 3. The fourth-order valence-electron chi connectivity index (χ4n) is 2.83. The summed E-state index contributed by atoms with van der Waals surface area (Å²) >= 11 is 0. The number of hydrogen-bond acceptors (Lipinski definition) is 4. The quantitative estimate of drug-likeness (QED) is 0.897. The van der Waals surface area contributed by atoms with Gasteiger partial charge in [-0.25, -0.2) is 9.78 Å². The van der Waals surface area contributed by atoms with Crippen molar-refractivity contribution in [1.82, 2.24) is 14.3 Å². The Kier molecular flexibility index (Phi) is 3.79. The van der Waals surface area contributed by atoms with Crippen LogP contribution in [0.2, 0.25) is 0 Å². The number of likely N-dealkylation sites (tertiary alicyclic amines) is 1. The maximum absolute atomic E-state index is 11.5. The monoisotopic (exact) mass is 288 g/mol. The minimum atomic E-state index is -0.959. The van der Waals surface area contributed by atoms with Crippen LogP contribution in [0.3, 0.4) is 0 Å². The first-order valence-corrected chi connectivity index (χ1v) is 7.28. The molecular formula is C15H20N4O2. The molecule has 0 aliphatic carbocycles. The second-order valence-electron chi connectivity index (χ2n) is 5.67. The molecule has 6 heteroatoms. The lowest BCUT2D eigenvalue weighted by molar-refractivity contribution is 0.0690. The van der Waals surface area contributed by atoms with Crippen LogP contribution in [-0.2, 0) is 0 Å². The SMILES string of the molecule is CN1CCC(CNc2nc3ccccn3c2C(=O)O)CC1. The summed E-state index contributed by atoms with van der Waals surface area (Å²) in [5.41, 5.74) is 0.860. The van der Waals surface area contributed by atoms with E-state index in [1.54, 1.807) is 10.6 Å². The van der Waals surface area contributed by atoms with E-state index in [9.17, 15) is 9.90 Å². The number of piperidine rings is 1. The Morgan fingerprint density at radius 3 is 2.90 bits per heavy atom. The Labute approximate surface area is 123 Å². The van der Waals surface area contributed by atoms with Gasteiger partial charge >= 0.3 is 5.97 Å². The number of carboxylic acid groups (broad SMARTS) is 1. The predicted molar refractivity (Wildman–Crippen MR) is 80.9 cm³/mol. The van der Waals surface area contributed by atoms with E-state index in [2.05, 4.69) is 22.2 Å². The molecule has 6 nitrogen and oxygen atoms in total. The van der Waals surface area contributed by atoms with E-state index in [0.717, 1.165) is 32.5 Å². The lowest BCUT2D eigenvalue weighted by Crippen LogP contribution is -2.33. The highest BCUT2D eigenvalue weighted by Crippen LogP contribution is 2.20. The second kappa shape index (κ2) is 5.73. The highest BCUT2D eigenvalue weighted by atomic mass is 16.4. The number of pyridine rings is 1. The van der Waals surface area contributed by atoms with Gasteiger partial charge in [0.25, 0.3) is 0 Å². The number of anilines is 1. The number of imidazole rings is 1. The third-order valence-electron chi connectivity index (χ3n) is 4.13. The highest BCUT2D eigenvalue weighted by molar-refractivity contribution is 5.92. The molecule has 2 N–H and O–H groups in total. The zero-order valence-corrected chi connectivity index (χ0v) is 12.1. The molecule has 21 heavy (non-hydrogen) atoms. The van der Waals surface area contributed by atoms with Gasteiger partial charge in [0.1, 0.15) is 5.65 Å². The lowest BCUT2D eigenvalue weighted by Gasteiger charge is -2.28. The molecule has 3 heterocycles. The van der Waals surface area contributed by atoms with Crippen LogP contribution in [0.4, 0.5) is 5.82 Å². The van der Waals surface area contributed by atoms with E-state index < -0.39 is 5.97 Å². The van der Waals surface area contributed by atoms with Crippen molar-refractivity contribution in [3.63, 3.8) is 0 Å². The molecule has 0 bridgehead atoms. The maximum atomic E-state index is 11.5. The molecule has 1 aliphatic heterocycles. The summed E-state index contributed by atoms with van der Waals surface area (Å²) in [6, 6.07) is 5.48. The Bertz CT molecular complexity index is 644. The molecule has 0 saturated carbocycles. The van der Waals surface area contributed by atoms with Crippen LogP contribution in [0, 0.1) is 5.92 Å². The largest absolute Gasteiger partial charge is 0.476 e. The summed E-state index contributed by atoms with van der Waals surface area (Å²) in [5, 5.41) is 12.7. The normalized spacial score (nSPS) is 17.2. The molecule has 0 amide bonds. The summed E-state index contributed by atoms with van der Waals surface area (Å²) in [5.74, 6) is 0.0832. The molecule has 3 rings (SSSR count). The molecule has 1 saturated heterocycles. The number of fused-ring (bicyclic) bond motifs is 1. The third-order valence-corrected chi connectivity index (χ3v) is 4.13. The van der Waals surface area contributed by atoms with Gasteiger partial charge in [-0.05, 0) is 51.0 Å². The zero-order chi connectivity index (χ0) is 14.8. The molecule has 0 spiro atoms. The maximum Gasteiger partial charge on any atom is 0.356 e. The fraction of sp³-hybridized carbons (Fsp3) is 0.467. The highest BCUT2D eigenvalue weighted by Gasteiger charge is 2.21. The van der Waals surface area contributed by atoms with Gasteiger partial charge in [0, 0.05) is 12.7 Å². The van der Waals surface area contributed by atoms with Crippen LogP contribution in [0.15, 0.2) is 24.4 Å². The summed E-state index contributed by atoms with van der Waals surface area (Å²) in [4.78, 5) is 18.2. The predicted octanol–water partition coefficient (Wildman–Crippen LogP) is 1.79. The zero-order valence-electron chi connectivity index (χ0n) is 12.1. The van der Waals surface area contributed by atoms with Crippen LogP contribution < -0.4 is 5.32 Å². The number of hydrogen-bond donors (Lipinski definition) is 2. The molecule has 1 fully saturated rings. The van der Waals surface area contributed by atoms with Gasteiger partial charge in [0.2, 0.25) is 0 Å². The minimum absolute atomic E-state index is 0.207. The van der Waals surface area contributed by atoms with Crippen molar-refractivity contribution in [3.8, 4) is 0 Å². The number of aromatic nitrogens is 2. The van der Waals surface area contributed by atoms with E-state index in [0.29, 0.717) is 17.4 Å². The van der Waals surface area contributed by atoms with Crippen molar-refractivity contribution < 1.29 is 9.90 Å². The van der Waals surface area contributed by atoms with Crippen LogP contribution >= 0.6 is 0 Å². The molecular weight excluding hydrogens is 268 g/mol. The molecule has 0 atom stereocenters. The second-order valence-corrected chi connectivity index (χ2v) is 5.67. The first-order chi connectivity index (χ1) is 10.1. The van der Waals surface area contributed by atoms with Crippen LogP contribution in [0.5, 0.6) is 0 Å². The molecule has 0 aromatic carbocycles. The third kappa shape index (κ3) is 2.85. The summed E-state index contributed by atoms with van der Waals surface area (Å²) < 4.78 is 1.61. The number of carbonyl (C=O) groups is 1. The summed E-state index contributed by atoms with van der Waals surface area (Å²) in [7, 11) is 2.13. The molecule has 2 aromatic rings. The van der Waals surface area contributed by atoms with Gasteiger partial charge in [-0.15, -0.1) is 0 Å². The van der Waals surface area contributed by atoms with Crippen molar-refractivity contribution in [2.75, 3.05) is 32.0 Å². The van der Waals surface area contributed by atoms with Crippen molar-refractivity contribution in [3.05, 3.63) is 30.1 Å². The fourth-order valence-corrected chi connectivity index (χ4v) is 2.83. The van der Waals surface area contributed by atoms with Crippen LogP contribution in [0.25, 0.3) is 5.65 Å². The van der Waals surface area contributed by atoms with Crippen molar-refractivity contribution in [2.24, 2.45) is 5.92 Å². The molecule has 0 unspecified atom stereocenters. The van der Waals surface area contributed by atoms with Gasteiger partial charge in [0.05, 0.1) is 0 Å². The first-order valence-electron chi connectivity index (χ1n) is 7.28. The Morgan fingerprint density at radius 1 is 1.43 bits per heavy atom. The Morgan fingerprint density at radius 2 is 2.19 bits per heavy atom. The van der Waals surface area contributed by atoms with Gasteiger partial charge in [-0.2, -0.15) is 0 Å². The first kappa shape index (κ1) is 13.9. The molecule has 1 aliphatic rings. The van der Waals surface area contributed by atoms with E-state index in [1.165, 1.54) is 0 Å². The van der Waals surface area contributed by atoms with Crippen molar-refractivity contribution in [1.29, 1.82) is 0 Å². The molecule has 2 aromatic heterocycles. The topological polar surface area (TPSA) is 69.9 Å². The van der Waals surface area contributed by atoms with Gasteiger partial charge in [-0.1, -0.05) is 6.07 Å². The summed E-state index contributed by atoms with van der Waals surface area (Å²) in [6.07, 6.45) is 4.01. The van der Waals surface area contributed by atoms with Gasteiger partial charge in [-0.3, -0.25) is 4.40 Å². The number of rotatable bonds is 4. The van der Waals surface area contributed by atoms with Crippen LogP contribution in [-0.4, -0.2) is 52.0 Å². The summed E-state index contributed by atoms with van der Waals surface area (Å²) in [6.45, 7) is 2.98. The van der Waals surface area contributed by atoms with Crippen molar-refractivity contribution >= 4 is 17.4 Å². The van der Waals surface area contributed by atoms with Crippen molar-refractivity contribution in [2.45, 2.75) is 12.8 Å². The standard InChI is InChI=1S/C15H20N4O2/c1-18-8-5-11(6-9-18)10-16-14-13(15(20)21)19-7-3-2-4-12(19)17-14/h2-4,7,11,16H,5-6,8-10H2,1H3,(H,20,21). The van der Waals surface area contributed by atoms with E-state index in [1.807, 2.05) is 18.2 Å².